The highest BCUT2D eigenvalue weighted by atomic mass is 79.9. The first-order valence-corrected chi connectivity index (χ1v) is 8.06. The SMILES string of the molecule is CCNC(Cc1cc(C)nn1CC)c1ccc(Br)cc1F. The van der Waals surface area contributed by atoms with Crippen LogP contribution in [0.25, 0.3) is 0 Å². The molecule has 2 aromatic rings. The lowest BCUT2D eigenvalue weighted by atomic mass is 10.0. The van der Waals surface area contributed by atoms with Gasteiger partial charge in [-0.05, 0) is 38.6 Å². The summed E-state index contributed by atoms with van der Waals surface area (Å²) in [7, 11) is 0. The van der Waals surface area contributed by atoms with Gasteiger partial charge >= 0.3 is 0 Å². The maximum absolute atomic E-state index is 14.2. The Morgan fingerprint density at radius 1 is 1.33 bits per heavy atom. The molecule has 0 saturated heterocycles. The molecule has 0 radical (unpaired) electrons. The zero-order valence-corrected chi connectivity index (χ0v) is 14.2. The van der Waals surface area contributed by atoms with Gasteiger partial charge < -0.3 is 5.32 Å². The quantitative estimate of drug-likeness (QED) is 0.850. The zero-order valence-electron chi connectivity index (χ0n) is 12.7. The van der Waals surface area contributed by atoms with Crippen LogP contribution in [0, 0.1) is 12.7 Å². The van der Waals surface area contributed by atoms with Crippen molar-refractivity contribution in [3.05, 3.63) is 51.5 Å². The monoisotopic (exact) mass is 353 g/mol. The fourth-order valence-electron chi connectivity index (χ4n) is 2.57. The zero-order chi connectivity index (χ0) is 15.4. The Kier molecular flexibility index (Phi) is 5.53. The predicted molar refractivity (Wildman–Crippen MR) is 86.9 cm³/mol. The van der Waals surface area contributed by atoms with Crippen LogP contribution >= 0.6 is 15.9 Å². The number of benzene rings is 1. The first-order chi connectivity index (χ1) is 10.0. The first kappa shape index (κ1) is 16.2. The van der Waals surface area contributed by atoms with Crippen molar-refractivity contribution in [2.75, 3.05) is 6.54 Å². The smallest absolute Gasteiger partial charge is 0.129 e. The van der Waals surface area contributed by atoms with E-state index in [-0.39, 0.29) is 11.9 Å². The van der Waals surface area contributed by atoms with Gasteiger partial charge in [-0.1, -0.05) is 28.9 Å². The van der Waals surface area contributed by atoms with Crippen molar-refractivity contribution in [3.8, 4) is 0 Å². The average molecular weight is 354 g/mol. The number of aromatic nitrogens is 2. The summed E-state index contributed by atoms with van der Waals surface area (Å²) in [6, 6.07) is 7.26. The fraction of sp³-hybridized carbons (Fsp3) is 0.438. The number of nitrogens with one attached hydrogen (secondary N) is 1. The summed E-state index contributed by atoms with van der Waals surface area (Å²) in [5, 5.41) is 7.83. The van der Waals surface area contributed by atoms with E-state index in [0.717, 1.165) is 35.4 Å². The Morgan fingerprint density at radius 3 is 2.71 bits per heavy atom. The van der Waals surface area contributed by atoms with Gasteiger partial charge in [0.05, 0.1) is 5.69 Å². The predicted octanol–water partition coefficient (Wildman–Crippen LogP) is 4.01. The van der Waals surface area contributed by atoms with Crippen molar-refractivity contribution in [1.29, 1.82) is 0 Å². The second-order valence-corrected chi connectivity index (χ2v) is 5.99. The van der Waals surface area contributed by atoms with E-state index in [9.17, 15) is 4.39 Å². The lowest BCUT2D eigenvalue weighted by Gasteiger charge is -2.19. The maximum Gasteiger partial charge on any atom is 0.129 e. The molecule has 0 amide bonds. The van der Waals surface area contributed by atoms with E-state index in [4.69, 9.17) is 0 Å². The van der Waals surface area contributed by atoms with Crippen LogP contribution in [0.4, 0.5) is 4.39 Å². The van der Waals surface area contributed by atoms with Gasteiger partial charge in [-0.25, -0.2) is 4.39 Å². The summed E-state index contributed by atoms with van der Waals surface area (Å²) in [6.07, 6.45) is 0.723. The molecule has 1 aromatic carbocycles. The number of likely N-dealkylation sites (N-methyl/N-ethyl adjacent to an activating group) is 1. The highest BCUT2D eigenvalue weighted by Gasteiger charge is 2.18. The third kappa shape index (κ3) is 3.92. The van der Waals surface area contributed by atoms with E-state index in [1.807, 2.05) is 30.7 Å². The Balaban J connectivity index is 2.30. The minimum absolute atomic E-state index is 0.0514. The van der Waals surface area contributed by atoms with Crippen molar-refractivity contribution in [2.24, 2.45) is 0 Å². The van der Waals surface area contributed by atoms with Crippen molar-refractivity contribution < 1.29 is 4.39 Å². The third-order valence-electron chi connectivity index (χ3n) is 3.49. The van der Waals surface area contributed by atoms with Crippen molar-refractivity contribution in [3.63, 3.8) is 0 Å². The maximum atomic E-state index is 14.2. The molecule has 0 spiro atoms. The third-order valence-corrected chi connectivity index (χ3v) is 3.98. The van der Waals surface area contributed by atoms with Crippen LogP contribution in [-0.4, -0.2) is 16.3 Å². The molecule has 0 fully saturated rings. The molecule has 0 aliphatic heterocycles. The van der Waals surface area contributed by atoms with E-state index in [2.05, 4.69) is 39.3 Å². The second-order valence-electron chi connectivity index (χ2n) is 5.07. The normalized spacial score (nSPS) is 12.6. The van der Waals surface area contributed by atoms with Crippen LogP contribution in [0.3, 0.4) is 0 Å². The molecule has 1 heterocycles. The van der Waals surface area contributed by atoms with Crippen molar-refractivity contribution >= 4 is 15.9 Å². The number of halogens is 2. The van der Waals surface area contributed by atoms with Gasteiger partial charge in [0.15, 0.2) is 0 Å². The Labute approximate surface area is 133 Å². The standard InChI is InChI=1S/C16H21BrFN3/c1-4-19-16(14-7-6-12(17)9-15(14)18)10-13-8-11(3)20-21(13)5-2/h6-9,16,19H,4-5,10H2,1-3H3. The fourth-order valence-corrected chi connectivity index (χ4v) is 2.90. The van der Waals surface area contributed by atoms with Crippen LogP contribution in [0.15, 0.2) is 28.7 Å². The molecule has 0 saturated carbocycles. The molecule has 21 heavy (non-hydrogen) atoms. The van der Waals surface area contributed by atoms with Gasteiger partial charge in [-0.3, -0.25) is 4.68 Å². The van der Waals surface area contributed by atoms with Gasteiger partial charge in [-0.15, -0.1) is 0 Å². The molecular formula is C16H21BrFN3. The molecule has 0 bridgehead atoms. The van der Waals surface area contributed by atoms with Crippen LogP contribution in [0.1, 0.15) is 36.8 Å². The summed E-state index contributed by atoms with van der Waals surface area (Å²) in [5.74, 6) is -0.186. The molecular weight excluding hydrogens is 333 g/mol. The number of aryl methyl sites for hydroxylation is 2. The minimum Gasteiger partial charge on any atom is -0.310 e. The van der Waals surface area contributed by atoms with E-state index in [1.165, 1.54) is 6.07 Å². The topological polar surface area (TPSA) is 29.9 Å². The number of hydrogen-bond donors (Lipinski definition) is 1. The van der Waals surface area contributed by atoms with E-state index >= 15 is 0 Å². The first-order valence-electron chi connectivity index (χ1n) is 7.26. The summed E-state index contributed by atoms with van der Waals surface area (Å²) in [6.45, 7) is 7.70. The molecule has 5 heteroatoms. The molecule has 3 nitrogen and oxygen atoms in total. The minimum atomic E-state index is -0.186. The van der Waals surface area contributed by atoms with Crippen LogP contribution in [0.2, 0.25) is 0 Å². The highest BCUT2D eigenvalue weighted by Crippen LogP contribution is 2.24. The number of rotatable bonds is 6. The molecule has 114 valence electrons. The van der Waals surface area contributed by atoms with Gasteiger partial charge in [0.25, 0.3) is 0 Å². The molecule has 1 aromatic heterocycles. The van der Waals surface area contributed by atoms with E-state index in [1.54, 1.807) is 0 Å². The van der Waals surface area contributed by atoms with E-state index in [0.29, 0.717) is 5.56 Å². The molecule has 1 atom stereocenters. The molecule has 1 unspecified atom stereocenters. The number of nitrogens with zero attached hydrogens (tertiary/aromatic N) is 2. The lowest BCUT2D eigenvalue weighted by molar-refractivity contribution is 0.489. The summed E-state index contributed by atoms with van der Waals surface area (Å²) in [5.41, 5.74) is 2.82. The van der Waals surface area contributed by atoms with E-state index < -0.39 is 0 Å². The molecule has 1 N–H and O–H groups in total. The second kappa shape index (κ2) is 7.18. The summed E-state index contributed by atoms with van der Waals surface area (Å²) >= 11 is 3.30. The molecule has 2 rings (SSSR count). The van der Waals surface area contributed by atoms with Gasteiger partial charge in [-0.2, -0.15) is 5.10 Å². The van der Waals surface area contributed by atoms with Crippen LogP contribution in [0.5, 0.6) is 0 Å². The Morgan fingerprint density at radius 2 is 2.10 bits per heavy atom. The van der Waals surface area contributed by atoms with Gasteiger partial charge in [0.1, 0.15) is 5.82 Å². The van der Waals surface area contributed by atoms with Crippen molar-refractivity contribution in [1.82, 2.24) is 15.1 Å². The summed E-state index contributed by atoms with van der Waals surface area (Å²) < 4.78 is 17.0. The van der Waals surface area contributed by atoms with Crippen LogP contribution in [-0.2, 0) is 13.0 Å². The Bertz CT molecular complexity index is 610. The highest BCUT2D eigenvalue weighted by molar-refractivity contribution is 9.10. The largest absolute Gasteiger partial charge is 0.310 e. The number of hydrogen-bond acceptors (Lipinski definition) is 2. The van der Waals surface area contributed by atoms with Gasteiger partial charge in [0, 0.05) is 34.7 Å². The van der Waals surface area contributed by atoms with Crippen molar-refractivity contribution in [2.45, 2.75) is 39.8 Å². The molecule has 0 aliphatic rings. The lowest BCUT2D eigenvalue weighted by Crippen LogP contribution is -2.25. The average Bonchev–Trinajstić information content (AvgIpc) is 2.78. The molecule has 0 aliphatic carbocycles. The van der Waals surface area contributed by atoms with Crippen LogP contribution < -0.4 is 5.32 Å². The Hall–Kier alpha value is -1.20. The van der Waals surface area contributed by atoms with Gasteiger partial charge in [0.2, 0.25) is 0 Å². The summed E-state index contributed by atoms with van der Waals surface area (Å²) in [4.78, 5) is 0.